The number of aliphatic hydroxyl groups excluding tert-OH is 4. The Morgan fingerprint density at radius 2 is 1.65 bits per heavy atom. The molecule has 4 N–H and O–H groups in total. The smallest absolute Gasteiger partial charge is 0.224 e. The molecular weight excluding hydrogens is 226 g/mol. The second kappa shape index (κ2) is 3.01. The van der Waals surface area contributed by atoms with Gasteiger partial charge < -0.3 is 25.2 Å². The summed E-state index contributed by atoms with van der Waals surface area (Å²) in [6, 6.07) is 1.78. The first kappa shape index (κ1) is 10.7. The third kappa shape index (κ3) is 0.995. The summed E-state index contributed by atoms with van der Waals surface area (Å²) in [4.78, 5) is 0. The van der Waals surface area contributed by atoms with E-state index in [9.17, 15) is 15.3 Å². The Bertz CT molecular complexity index is 340. The maximum atomic E-state index is 10.1. The first-order valence-corrected chi connectivity index (χ1v) is 6.32. The van der Waals surface area contributed by atoms with E-state index in [1.54, 1.807) is 0 Å². The van der Waals surface area contributed by atoms with Gasteiger partial charge in [-0.1, -0.05) is 0 Å². The van der Waals surface area contributed by atoms with E-state index in [2.05, 4.69) is 0 Å². The van der Waals surface area contributed by atoms with Crippen LogP contribution in [0.15, 0.2) is 0 Å². The Kier molecular flexibility index (Phi) is 1.89. The van der Waals surface area contributed by atoms with E-state index in [0.717, 1.165) is 4.48 Å². The number of aliphatic hydroxyl groups is 4. The Labute approximate surface area is 98.6 Å². The number of piperidine rings is 1. The van der Waals surface area contributed by atoms with Gasteiger partial charge in [0.25, 0.3) is 0 Å². The highest BCUT2D eigenvalue weighted by atomic mass is 16.6. The molecule has 0 radical (unpaired) electrons. The van der Waals surface area contributed by atoms with Crippen molar-refractivity contribution in [2.45, 2.75) is 61.6 Å². The molecule has 4 aliphatic heterocycles. The van der Waals surface area contributed by atoms with Crippen LogP contribution in [0, 0.1) is 0 Å². The number of rotatable bonds is 2. The van der Waals surface area contributed by atoms with E-state index >= 15 is 0 Å². The quantitative estimate of drug-likeness (QED) is 0.319. The van der Waals surface area contributed by atoms with E-state index in [0.29, 0.717) is 18.1 Å². The molecule has 5 fully saturated rings. The van der Waals surface area contributed by atoms with Crippen molar-refractivity contribution in [3.8, 4) is 0 Å². The summed E-state index contributed by atoms with van der Waals surface area (Å²) < 4.78 is 6.42. The minimum atomic E-state index is -1.22. The molecule has 2 bridgehead atoms. The normalized spacial score (nSPS) is 67.8. The maximum absolute atomic E-state index is 10.1. The number of quaternary nitrogens is 1. The Hall–Kier alpha value is -0.240. The summed E-state index contributed by atoms with van der Waals surface area (Å²) in [5, 5.41) is 38.7. The lowest BCUT2D eigenvalue weighted by Crippen LogP contribution is -2.63. The molecule has 4 heterocycles. The standard InChI is InChI=1S/C11H18NO5/c13-3-6-8(14)9(15)10(16)11(17-6)12-4-1-2-5(12)7(4)12/h4-11,13-16H,1-3H2/q+1/t4?,5?,6-,7?,8-,9+,10-,11+,12?/m1/s1. The van der Waals surface area contributed by atoms with Crippen LogP contribution in [-0.2, 0) is 4.74 Å². The summed E-state index contributed by atoms with van der Waals surface area (Å²) in [7, 11) is 0. The lowest BCUT2D eigenvalue weighted by Gasteiger charge is -2.40. The van der Waals surface area contributed by atoms with E-state index in [1.165, 1.54) is 12.8 Å². The van der Waals surface area contributed by atoms with E-state index in [4.69, 9.17) is 9.84 Å². The molecule has 0 amide bonds. The SMILES string of the molecule is OC[C@H]1O[C@H]([N+]23C4CCC2C43)[C@H](O)[C@@H](O)[C@@H]1O. The van der Waals surface area contributed by atoms with Crippen molar-refractivity contribution in [3.05, 3.63) is 0 Å². The number of hydrogen-bond acceptors (Lipinski definition) is 5. The van der Waals surface area contributed by atoms with Gasteiger partial charge in [0, 0.05) is 12.8 Å². The number of nitrogens with zero attached hydrogens (tertiary/aromatic N) is 1. The molecule has 17 heavy (non-hydrogen) atoms. The molecule has 0 aromatic rings. The molecule has 96 valence electrons. The van der Waals surface area contributed by atoms with Crippen LogP contribution in [0.2, 0.25) is 0 Å². The average molecular weight is 244 g/mol. The molecule has 1 aliphatic carbocycles. The summed E-state index contributed by atoms with van der Waals surface area (Å²) in [6.45, 7) is -0.332. The molecule has 0 aromatic carbocycles. The van der Waals surface area contributed by atoms with Gasteiger partial charge in [-0.05, 0) is 0 Å². The van der Waals surface area contributed by atoms with Gasteiger partial charge in [-0.15, -0.1) is 0 Å². The topological polar surface area (TPSA) is 90.2 Å². The van der Waals surface area contributed by atoms with Crippen molar-refractivity contribution in [1.29, 1.82) is 0 Å². The van der Waals surface area contributed by atoms with Crippen molar-refractivity contribution < 1.29 is 29.6 Å². The number of hydrogen-bond donors (Lipinski definition) is 4. The molecule has 6 heteroatoms. The predicted molar refractivity (Wildman–Crippen MR) is 54.6 cm³/mol. The van der Waals surface area contributed by atoms with Crippen LogP contribution in [0.5, 0.6) is 0 Å². The monoisotopic (exact) mass is 244 g/mol. The third-order valence-corrected chi connectivity index (χ3v) is 5.34. The van der Waals surface area contributed by atoms with Crippen LogP contribution in [0.4, 0.5) is 0 Å². The van der Waals surface area contributed by atoms with Gasteiger partial charge in [0.1, 0.15) is 18.3 Å². The van der Waals surface area contributed by atoms with E-state index < -0.39 is 30.6 Å². The minimum Gasteiger partial charge on any atom is -0.394 e. The van der Waals surface area contributed by atoms with Crippen LogP contribution in [0.3, 0.4) is 0 Å². The summed E-state index contributed by atoms with van der Waals surface area (Å²) >= 11 is 0. The summed E-state index contributed by atoms with van der Waals surface area (Å²) in [5.74, 6) is 0. The highest BCUT2D eigenvalue weighted by Crippen LogP contribution is 2.73. The number of fused-ring (bicyclic) bond motifs is 1. The van der Waals surface area contributed by atoms with Gasteiger partial charge in [-0.2, -0.15) is 0 Å². The molecule has 0 aromatic heterocycles. The molecule has 5 rings (SSSR count). The van der Waals surface area contributed by atoms with Crippen LogP contribution in [0.1, 0.15) is 12.8 Å². The van der Waals surface area contributed by atoms with Gasteiger partial charge in [-0.25, -0.2) is 0 Å². The van der Waals surface area contributed by atoms with Crippen molar-refractivity contribution >= 4 is 0 Å². The van der Waals surface area contributed by atoms with E-state index in [1.807, 2.05) is 0 Å². The Morgan fingerprint density at radius 1 is 1.00 bits per heavy atom. The molecule has 4 saturated heterocycles. The highest BCUT2D eigenvalue weighted by Gasteiger charge is 2.97. The molecule has 7 atom stereocenters. The summed E-state index contributed by atoms with van der Waals surface area (Å²) in [5.41, 5.74) is 0. The van der Waals surface area contributed by atoms with Gasteiger partial charge in [0.2, 0.25) is 6.23 Å². The first-order chi connectivity index (χ1) is 8.14. The second-order valence-electron chi connectivity index (χ2n) is 5.82. The lowest BCUT2D eigenvalue weighted by atomic mass is 9.98. The van der Waals surface area contributed by atoms with Gasteiger partial charge in [-0.3, -0.25) is 4.48 Å². The van der Waals surface area contributed by atoms with Gasteiger partial charge in [0.15, 0.2) is 24.2 Å². The van der Waals surface area contributed by atoms with Crippen molar-refractivity contribution in [1.82, 2.24) is 0 Å². The molecule has 1 saturated carbocycles. The summed E-state index contributed by atoms with van der Waals surface area (Å²) in [6.07, 6.45) is -2.39. The predicted octanol–water partition coefficient (Wildman–Crippen LogP) is -2.47. The van der Waals surface area contributed by atoms with Crippen molar-refractivity contribution in [3.63, 3.8) is 0 Å². The van der Waals surface area contributed by atoms with Crippen LogP contribution < -0.4 is 0 Å². The highest BCUT2D eigenvalue weighted by molar-refractivity contribution is 5.19. The average Bonchev–Trinajstić information content (AvgIpc) is 3.00. The van der Waals surface area contributed by atoms with Crippen LogP contribution in [0.25, 0.3) is 0 Å². The molecular formula is C11H18NO5+. The zero-order valence-corrected chi connectivity index (χ0v) is 9.38. The fraction of sp³-hybridized carbons (Fsp3) is 1.00. The number of ether oxygens (including phenoxy) is 1. The van der Waals surface area contributed by atoms with E-state index in [-0.39, 0.29) is 6.61 Å². The van der Waals surface area contributed by atoms with Gasteiger partial charge in [0.05, 0.1) is 6.61 Å². The zero-order valence-electron chi connectivity index (χ0n) is 9.38. The Balaban J connectivity index is 1.60. The van der Waals surface area contributed by atoms with Crippen LogP contribution in [-0.4, -0.2) is 80.3 Å². The first-order valence-electron chi connectivity index (χ1n) is 6.32. The van der Waals surface area contributed by atoms with Gasteiger partial charge >= 0.3 is 0 Å². The molecule has 5 aliphatic rings. The molecule has 6 nitrogen and oxygen atoms in total. The largest absolute Gasteiger partial charge is 0.394 e. The lowest BCUT2D eigenvalue weighted by molar-refractivity contribution is -0.804. The molecule has 2 unspecified atom stereocenters. The molecule has 0 spiro atoms. The second-order valence-corrected chi connectivity index (χ2v) is 5.82. The Morgan fingerprint density at radius 3 is 2.18 bits per heavy atom. The zero-order chi connectivity index (χ0) is 11.9. The van der Waals surface area contributed by atoms with Crippen molar-refractivity contribution in [2.75, 3.05) is 6.61 Å². The van der Waals surface area contributed by atoms with Crippen LogP contribution >= 0.6 is 0 Å². The fourth-order valence-electron chi connectivity index (χ4n) is 4.47. The van der Waals surface area contributed by atoms with Crippen molar-refractivity contribution in [2.24, 2.45) is 0 Å². The minimum absolute atomic E-state index is 0.332. The fourth-order valence-corrected chi connectivity index (χ4v) is 4.47. The maximum Gasteiger partial charge on any atom is 0.224 e. The third-order valence-electron chi connectivity index (χ3n) is 5.34.